The number of pyridine rings is 2. The molecule has 0 bridgehead atoms. The van der Waals surface area contributed by atoms with E-state index < -0.39 is 11.6 Å². The molecule has 0 saturated heterocycles. The van der Waals surface area contributed by atoms with Gasteiger partial charge in [-0.1, -0.05) is 19.9 Å². The van der Waals surface area contributed by atoms with Crippen molar-refractivity contribution in [3.63, 3.8) is 0 Å². The monoisotopic (exact) mass is 391 g/mol. The first-order chi connectivity index (χ1) is 13.9. The summed E-state index contributed by atoms with van der Waals surface area (Å²) in [7, 11) is 0. The highest BCUT2D eigenvalue weighted by Crippen LogP contribution is 2.41. The van der Waals surface area contributed by atoms with Gasteiger partial charge in [-0.2, -0.15) is 0 Å². The molecular formula is C22H21N3O4. The molecule has 0 amide bonds. The van der Waals surface area contributed by atoms with Gasteiger partial charge < -0.3 is 20.1 Å². The lowest BCUT2D eigenvalue weighted by Gasteiger charge is -2.31. The van der Waals surface area contributed by atoms with Crippen LogP contribution in [0.5, 0.6) is 0 Å². The normalized spacial score (nSPS) is 19.6. The minimum absolute atomic E-state index is 0.122. The number of hydrogen-bond donors (Lipinski definition) is 2. The number of fused-ring (bicyclic) bond motifs is 5. The highest BCUT2D eigenvalue weighted by Gasteiger charge is 2.45. The van der Waals surface area contributed by atoms with Crippen LogP contribution in [0.25, 0.3) is 22.3 Å². The third-order valence-corrected chi connectivity index (χ3v) is 6.21. The predicted molar refractivity (Wildman–Crippen MR) is 108 cm³/mol. The Morgan fingerprint density at radius 2 is 2.07 bits per heavy atom. The number of aromatic nitrogens is 2. The Morgan fingerprint density at radius 1 is 1.28 bits per heavy atom. The van der Waals surface area contributed by atoms with Crippen molar-refractivity contribution in [2.24, 2.45) is 0 Å². The molecular weight excluding hydrogens is 370 g/mol. The van der Waals surface area contributed by atoms with Crippen molar-refractivity contribution in [3.05, 3.63) is 56.9 Å². The summed E-state index contributed by atoms with van der Waals surface area (Å²) in [5.41, 5.74) is 9.60. The van der Waals surface area contributed by atoms with E-state index >= 15 is 0 Å². The van der Waals surface area contributed by atoms with Crippen LogP contribution in [0.1, 0.15) is 42.5 Å². The van der Waals surface area contributed by atoms with Gasteiger partial charge in [-0.15, -0.1) is 0 Å². The van der Waals surface area contributed by atoms with Crippen LogP contribution in [0.15, 0.2) is 29.1 Å². The van der Waals surface area contributed by atoms with Gasteiger partial charge in [-0.05, 0) is 36.6 Å². The lowest BCUT2D eigenvalue weighted by molar-refractivity contribution is -0.172. The Morgan fingerprint density at radius 3 is 2.79 bits per heavy atom. The second-order valence-corrected chi connectivity index (χ2v) is 7.62. The molecule has 7 nitrogen and oxygen atoms in total. The molecule has 7 heteroatoms. The van der Waals surface area contributed by atoms with E-state index in [-0.39, 0.29) is 18.6 Å². The average molecular weight is 391 g/mol. The van der Waals surface area contributed by atoms with Gasteiger partial charge in [-0.25, -0.2) is 9.78 Å². The number of carbonyl (C=O) groups excluding carboxylic acids is 1. The van der Waals surface area contributed by atoms with Crippen molar-refractivity contribution in [3.8, 4) is 11.4 Å². The Balaban J connectivity index is 1.85. The molecule has 29 heavy (non-hydrogen) atoms. The zero-order valence-corrected chi connectivity index (χ0v) is 16.3. The molecule has 3 N–H and O–H groups in total. The zero-order valence-electron chi connectivity index (χ0n) is 16.3. The SMILES string of the molecule is CCc1c2c(nc3cccc(N)c13)-c1cc3c(c(=O)n1C2)COC(=O)C3(O)CC. The molecule has 148 valence electrons. The maximum Gasteiger partial charge on any atom is 0.343 e. The number of nitrogen functional groups attached to an aromatic ring is 1. The molecule has 2 aromatic heterocycles. The first-order valence-corrected chi connectivity index (χ1v) is 9.77. The highest BCUT2D eigenvalue weighted by molar-refractivity contribution is 5.96. The molecule has 2 aliphatic rings. The molecule has 0 radical (unpaired) electrons. The van der Waals surface area contributed by atoms with Crippen molar-refractivity contribution in [1.29, 1.82) is 0 Å². The topological polar surface area (TPSA) is 107 Å². The molecule has 1 atom stereocenters. The Kier molecular flexibility index (Phi) is 3.64. The van der Waals surface area contributed by atoms with E-state index in [1.807, 2.05) is 18.2 Å². The van der Waals surface area contributed by atoms with Crippen LogP contribution in [0.3, 0.4) is 0 Å². The van der Waals surface area contributed by atoms with E-state index in [1.165, 1.54) is 0 Å². The summed E-state index contributed by atoms with van der Waals surface area (Å²) in [5, 5.41) is 11.9. The third-order valence-electron chi connectivity index (χ3n) is 6.21. The second kappa shape index (κ2) is 5.90. The van der Waals surface area contributed by atoms with Gasteiger partial charge >= 0.3 is 5.97 Å². The van der Waals surface area contributed by atoms with Crippen molar-refractivity contribution in [2.75, 3.05) is 5.73 Å². The zero-order chi connectivity index (χ0) is 20.5. The Bertz CT molecular complexity index is 1280. The molecule has 5 rings (SSSR count). The van der Waals surface area contributed by atoms with E-state index in [0.29, 0.717) is 34.7 Å². The summed E-state index contributed by atoms with van der Waals surface area (Å²) in [6.45, 7) is 4.00. The summed E-state index contributed by atoms with van der Waals surface area (Å²) in [5.74, 6) is -0.719. The number of rotatable bonds is 2. The first kappa shape index (κ1) is 17.9. The molecule has 3 aromatic rings. The summed E-state index contributed by atoms with van der Waals surface area (Å²) in [6.07, 6.45) is 0.870. The highest BCUT2D eigenvalue weighted by atomic mass is 16.6. The van der Waals surface area contributed by atoms with E-state index in [0.717, 1.165) is 28.5 Å². The standard InChI is InChI=1S/C22H21N3O4/c1-3-11-12-9-25-17(19(12)24-16-7-5-6-15(23)18(11)16)8-14-13(20(25)26)10-29-21(27)22(14,28)4-2/h5-8,28H,3-4,9-10,23H2,1-2H3. The molecule has 2 aliphatic heterocycles. The summed E-state index contributed by atoms with van der Waals surface area (Å²) in [4.78, 5) is 30.3. The number of anilines is 1. The number of nitrogens with two attached hydrogens (primary N) is 1. The number of aryl methyl sites for hydroxylation is 1. The van der Waals surface area contributed by atoms with Gasteiger partial charge in [0.15, 0.2) is 5.60 Å². The number of hydrogen-bond acceptors (Lipinski definition) is 6. The number of esters is 1. The lowest BCUT2D eigenvalue weighted by Crippen LogP contribution is -2.44. The minimum atomic E-state index is -1.82. The van der Waals surface area contributed by atoms with Gasteiger partial charge in [-0.3, -0.25) is 4.79 Å². The van der Waals surface area contributed by atoms with Crippen LogP contribution in [0, 0.1) is 0 Å². The predicted octanol–water partition coefficient (Wildman–Crippen LogP) is 2.22. The largest absolute Gasteiger partial charge is 0.458 e. The third kappa shape index (κ3) is 2.19. The summed E-state index contributed by atoms with van der Waals surface area (Å²) in [6, 6.07) is 7.35. The van der Waals surface area contributed by atoms with Crippen LogP contribution in [0.4, 0.5) is 5.69 Å². The molecule has 0 spiro atoms. The van der Waals surface area contributed by atoms with Gasteiger partial charge in [0.2, 0.25) is 0 Å². The number of nitrogens with zero attached hydrogens (tertiary/aromatic N) is 2. The van der Waals surface area contributed by atoms with E-state index in [4.69, 9.17) is 15.5 Å². The number of cyclic esters (lactones) is 1. The molecule has 1 aromatic carbocycles. The van der Waals surface area contributed by atoms with Gasteiger partial charge in [0.1, 0.15) is 6.61 Å². The maximum absolute atomic E-state index is 13.3. The Hall–Kier alpha value is -3.19. The lowest BCUT2D eigenvalue weighted by atomic mass is 9.86. The summed E-state index contributed by atoms with van der Waals surface area (Å²) < 4.78 is 6.77. The smallest absolute Gasteiger partial charge is 0.343 e. The minimum Gasteiger partial charge on any atom is -0.458 e. The van der Waals surface area contributed by atoms with E-state index in [1.54, 1.807) is 17.6 Å². The van der Waals surface area contributed by atoms with Crippen LogP contribution >= 0.6 is 0 Å². The molecule has 0 aliphatic carbocycles. The Labute approximate surface area is 166 Å². The number of ether oxygens (including phenoxy) is 1. The molecule has 4 heterocycles. The molecule has 1 unspecified atom stereocenters. The molecule has 0 saturated carbocycles. The van der Waals surface area contributed by atoms with Gasteiger partial charge in [0, 0.05) is 22.2 Å². The van der Waals surface area contributed by atoms with Crippen molar-refractivity contribution >= 4 is 22.6 Å². The average Bonchev–Trinajstić information content (AvgIpc) is 3.08. The quantitative estimate of drug-likeness (QED) is 0.401. The van der Waals surface area contributed by atoms with Crippen LogP contribution in [-0.4, -0.2) is 20.6 Å². The van der Waals surface area contributed by atoms with Crippen LogP contribution in [-0.2, 0) is 34.7 Å². The second-order valence-electron chi connectivity index (χ2n) is 7.62. The van der Waals surface area contributed by atoms with E-state index in [2.05, 4.69) is 6.92 Å². The fourth-order valence-corrected chi connectivity index (χ4v) is 4.64. The van der Waals surface area contributed by atoms with Crippen molar-refractivity contribution < 1.29 is 14.6 Å². The van der Waals surface area contributed by atoms with Gasteiger partial charge in [0.05, 0.1) is 29.0 Å². The van der Waals surface area contributed by atoms with Gasteiger partial charge in [0.25, 0.3) is 5.56 Å². The first-order valence-electron chi connectivity index (χ1n) is 9.77. The van der Waals surface area contributed by atoms with Crippen molar-refractivity contribution in [1.82, 2.24) is 9.55 Å². The number of carbonyl (C=O) groups is 1. The number of aliphatic hydroxyl groups is 1. The van der Waals surface area contributed by atoms with E-state index in [9.17, 15) is 14.7 Å². The number of benzene rings is 1. The fraction of sp³-hybridized carbons (Fsp3) is 0.318. The van der Waals surface area contributed by atoms with Crippen molar-refractivity contribution in [2.45, 2.75) is 45.4 Å². The molecule has 0 fully saturated rings. The summed E-state index contributed by atoms with van der Waals surface area (Å²) >= 11 is 0. The fourth-order valence-electron chi connectivity index (χ4n) is 4.64. The maximum atomic E-state index is 13.3. The van der Waals surface area contributed by atoms with Crippen LogP contribution < -0.4 is 11.3 Å². The van der Waals surface area contributed by atoms with Crippen LogP contribution in [0.2, 0.25) is 0 Å².